The van der Waals surface area contributed by atoms with Gasteiger partial charge < -0.3 is 9.47 Å². The second-order valence-corrected chi connectivity index (χ2v) is 9.15. The maximum Gasteiger partial charge on any atom is 0.169 e. The quantitative estimate of drug-likeness (QED) is 0.401. The minimum Gasteiger partial charge on any atom is -0.350 e. The van der Waals surface area contributed by atoms with E-state index < -0.39 is 0 Å². The van der Waals surface area contributed by atoms with Gasteiger partial charge in [-0.3, -0.25) is 4.99 Å². The molecule has 0 radical (unpaired) electrons. The predicted molar refractivity (Wildman–Crippen MR) is 132 cm³/mol. The number of para-hydroxylation sites is 1. The van der Waals surface area contributed by atoms with Crippen molar-refractivity contribution in [1.82, 2.24) is 9.47 Å². The third kappa shape index (κ3) is 3.19. The molecule has 4 aromatic rings. The van der Waals surface area contributed by atoms with Crippen LogP contribution in [0.15, 0.2) is 96.1 Å². The van der Waals surface area contributed by atoms with Crippen molar-refractivity contribution in [3.8, 4) is 0 Å². The van der Waals surface area contributed by atoms with Gasteiger partial charge in [0.15, 0.2) is 5.17 Å². The molecular weight excluding hydrogens is 398 g/mol. The van der Waals surface area contributed by atoms with Gasteiger partial charge in [0.2, 0.25) is 0 Å². The standard InChI is InChI=1S/C27H23N3S/c1-29-17-21(23-14-8-9-15-24(23)29)16-22-18-30-25(19-10-4-2-5-11-19)26(31-27(30)28-22)20-12-6-3-7-13-20/h2-15,17,22H,16,18H2,1H3/t22-/m0/s1. The molecule has 31 heavy (non-hydrogen) atoms. The summed E-state index contributed by atoms with van der Waals surface area (Å²) in [6.07, 6.45) is 3.23. The largest absolute Gasteiger partial charge is 0.350 e. The zero-order valence-electron chi connectivity index (χ0n) is 17.4. The van der Waals surface area contributed by atoms with Gasteiger partial charge >= 0.3 is 0 Å². The van der Waals surface area contributed by atoms with Crippen LogP contribution in [0.5, 0.6) is 0 Å². The summed E-state index contributed by atoms with van der Waals surface area (Å²) in [6.45, 7) is 0.923. The van der Waals surface area contributed by atoms with E-state index in [4.69, 9.17) is 4.99 Å². The Bertz CT molecular complexity index is 1320. The van der Waals surface area contributed by atoms with Crippen molar-refractivity contribution >= 4 is 38.4 Å². The third-order valence-corrected chi connectivity index (χ3v) is 7.26. The van der Waals surface area contributed by atoms with E-state index in [0.29, 0.717) is 0 Å². The van der Waals surface area contributed by atoms with Crippen molar-refractivity contribution in [1.29, 1.82) is 0 Å². The SMILES string of the molecule is Cn1cc(C[C@H]2CN3C(=N2)SC(c2ccccc2)=C3c2ccccc2)c2ccccc21. The number of aryl methyl sites for hydroxylation is 1. The summed E-state index contributed by atoms with van der Waals surface area (Å²) in [5.41, 5.74) is 6.47. The molecule has 152 valence electrons. The summed E-state index contributed by atoms with van der Waals surface area (Å²) >= 11 is 1.81. The summed E-state index contributed by atoms with van der Waals surface area (Å²) in [7, 11) is 2.13. The van der Waals surface area contributed by atoms with Crippen molar-refractivity contribution < 1.29 is 0 Å². The molecule has 0 unspecified atom stereocenters. The molecule has 0 saturated carbocycles. The van der Waals surface area contributed by atoms with Crippen LogP contribution in [0.25, 0.3) is 21.5 Å². The number of thioether (sulfide) groups is 1. The van der Waals surface area contributed by atoms with Crippen molar-refractivity contribution in [3.63, 3.8) is 0 Å². The van der Waals surface area contributed by atoms with Crippen LogP contribution in [-0.4, -0.2) is 27.2 Å². The number of amidine groups is 1. The smallest absolute Gasteiger partial charge is 0.169 e. The lowest BCUT2D eigenvalue weighted by atomic mass is 10.0. The van der Waals surface area contributed by atoms with E-state index in [1.807, 2.05) is 11.8 Å². The number of hydrogen-bond donors (Lipinski definition) is 0. The maximum atomic E-state index is 5.17. The topological polar surface area (TPSA) is 20.5 Å². The van der Waals surface area contributed by atoms with Crippen LogP contribution < -0.4 is 0 Å². The minimum absolute atomic E-state index is 0.268. The Morgan fingerprint density at radius 3 is 2.32 bits per heavy atom. The Balaban J connectivity index is 1.35. The molecule has 0 aliphatic carbocycles. The van der Waals surface area contributed by atoms with Crippen LogP contribution in [-0.2, 0) is 13.5 Å². The molecular formula is C27H23N3S. The minimum atomic E-state index is 0.268. The summed E-state index contributed by atoms with van der Waals surface area (Å²) < 4.78 is 2.23. The third-order valence-electron chi connectivity index (χ3n) is 6.11. The lowest BCUT2D eigenvalue weighted by Crippen LogP contribution is -2.24. The number of benzene rings is 3. The van der Waals surface area contributed by atoms with Gasteiger partial charge in [-0.1, -0.05) is 78.9 Å². The molecule has 1 atom stereocenters. The van der Waals surface area contributed by atoms with Gasteiger partial charge in [0, 0.05) is 35.6 Å². The van der Waals surface area contributed by atoms with Crippen molar-refractivity contribution in [2.75, 3.05) is 6.54 Å². The normalized spacial score (nSPS) is 18.0. The van der Waals surface area contributed by atoms with E-state index in [2.05, 4.69) is 108 Å². The average Bonchev–Trinajstić information content (AvgIpc) is 3.46. The molecule has 3 aromatic carbocycles. The average molecular weight is 422 g/mol. The number of hydrogen-bond acceptors (Lipinski definition) is 3. The first-order chi connectivity index (χ1) is 15.3. The number of fused-ring (bicyclic) bond motifs is 2. The van der Waals surface area contributed by atoms with Gasteiger partial charge in [-0.25, -0.2) is 0 Å². The zero-order valence-corrected chi connectivity index (χ0v) is 18.2. The first-order valence-electron chi connectivity index (χ1n) is 10.7. The molecule has 0 saturated heterocycles. The Morgan fingerprint density at radius 2 is 1.55 bits per heavy atom. The molecule has 3 nitrogen and oxygen atoms in total. The fraction of sp³-hybridized carbons (Fsp3) is 0.148. The van der Waals surface area contributed by atoms with Crippen molar-refractivity contribution in [2.45, 2.75) is 12.5 Å². The number of nitrogens with zero attached hydrogens (tertiary/aromatic N) is 3. The summed E-state index contributed by atoms with van der Waals surface area (Å²) in [5.74, 6) is 0. The van der Waals surface area contributed by atoms with E-state index in [0.717, 1.165) is 18.1 Å². The highest BCUT2D eigenvalue weighted by atomic mass is 32.2. The van der Waals surface area contributed by atoms with Gasteiger partial charge in [-0.05, 0) is 40.9 Å². The first kappa shape index (κ1) is 18.5. The van der Waals surface area contributed by atoms with Gasteiger partial charge in [-0.15, -0.1) is 0 Å². The fourth-order valence-electron chi connectivity index (χ4n) is 4.71. The molecule has 6 rings (SSSR count). The van der Waals surface area contributed by atoms with Gasteiger partial charge in [-0.2, -0.15) is 0 Å². The Labute approximate surface area is 186 Å². The van der Waals surface area contributed by atoms with Crippen LogP contribution in [0, 0.1) is 0 Å². The highest BCUT2D eigenvalue weighted by Crippen LogP contribution is 2.47. The van der Waals surface area contributed by atoms with Gasteiger partial charge in [0.25, 0.3) is 0 Å². The van der Waals surface area contributed by atoms with E-state index in [9.17, 15) is 0 Å². The Morgan fingerprint density at radius 1 is 0.871 bits per heavy atom. The van der Waals surface area contributed by atoms with Crippen LogP contribution in [0.4, 0.5) is 0 Å². The molecule has 2 aliphatic rings. The van der Waals surface area contributed by atoms with E-state index in [1.54, 1.807) is 0 Å². The van der Waals surface area contributed by atoms with Gasteiger partial charge in [0.05, 0.1) is 11.7 Å². The molecule has 1 aromatic heterocycles. The summed E-state index contributed by atoms with van der Waals surface area (Å²) in [4.78, 5) is 8.90. The lowest BCUT2D eigenvalue weighted by Gasteiger charge is -2.19. The van der Waals surface area contributed by atoms with E-state index in [1.165, 1.54) is 38.2 Å². The van der Waals surface area contributed by atoms with Crippen molar-refractivity contribution in [2.24, 2.45) is 12.0 Å². The van der Waals surface area contributed by atoms with Gasteiger partial charge in [0.1, 0.15) is 0 Å². The second-order valence-electron chi connectivity index (χ2n) is 8.17. The zero-order chi connectivity index (χ0) is 20.8. The van der Waals surface area contributed by atoms with E-state index in [-0.39, 0.29) is 6.04 Å². The monoisotopic (exact) mass is 421 g/mol. The highest BCUT2D eigenvalue weighted by molar-refractivity contribution is 8.22. The molecule has 0 N–H and O–H groups in total. The highest BCUT2D eigenvalue weighted by Gasteiger charge is 2.37. The van der Waals surface area contributed by atoms with Crippen LogP contribution in [0.3, 0.4) is 0 Å². The van der Waals surface area contributed by atoms with Crippen LogP contribution >= 0.6 is 11.8 Å². The van der Waals surface area contributed by atoms with Crippen molar-refractivity contribution in [3.05, 3.63) is 108 Å². The van der Waals surface area contributed by atoms with Crippen LogP contribution in [0.2, 0.25) is 0 Å². The molecule has 3 heterocycles. The Kier molecular flexibility index (Phi) is 4.46. The molecule has 0 spiro atoms. The molecule has 2 aliphatic heterocycles. The summed E-state index contributed by atoms with van der Waals surface area (Å²) in [5, 5.41) is 2.47. The number of rotatable bonds is 4. The molecule has 4 heteroatoms. The second kappa shape index (κ2) is 7.47. The van der Waals surface area contributed by atoms with E-state index >= 15 is 0 Å². The first-order valence-corrected chi connectivity index (χ1v) is 11.5. The molecule has 0 fully saturated rings. The Hall–Kier alpha value is -3.24. The predicted octanol–water partition coefficient (Wildman–Crippen LogP) is 6.03. The molecule has 0 amide bonds. The fourth-order valence-corrected chi connectivity index (χ4v) is 5.95. The summed E-state index contributed by atoms with van der Waals surface area (Å²) in [6, 6.07) is 30.3. The number of aromatic nitrogens is 1. The molecule has 0 bridgehead atoms. The maximum absolute atomic E-state index is 5.17. The van der Waals surface area contributed by atoms with Crippen LogP contribution in [0.1, 0.15) is 16.7 Å². The number of aliphatic imine (C=N–C) groups is 1. The lowest BCUT2D eigenvalue weighted by molar-refractivity contribution is 0.559.